The predicted molar refractivity (Wildman–Crippen MR) is 76.7 cm³/mol. The zero-order chi connectivity index (χ0) is 15.5. The van der Waals surface area contributed by atoms with Gasteiger partial charge >= 0.3 is 5.97 Å². The fraction of sp³-hybridized carbons (Fsp3) is 0.800. The molecular formula is C15H24N2O4. The van der Waals surface area contributed by atoms with Gasteiger partial charge in [0.2, 0.25) is 11.8 Å². The van der Waals surface area contributed by atoms with E-state index >= 15 is 0 Å². The molecule has 1 atom stereocenters. The number of aliphatic carboxylic acids is 1. The Labute approximate surface area is 125 Å². The molecule has 1 N–H and O–H groups in total. The first-order valence-electron chi connectivity index (χ1n) is 7.77. The predicted octanol–water partition coefficient (Wildman–Crippen LogP) is 1.24. The van der Waals surface area contributed by atoms with Crippen LogP contribution < -0.4 is 0 Å². The third kappa shape index (κ3) is 3.36. The summed E-state index contributed by atoms with van der Waals surface area (Å²) in [6.45, 7) is 3.53. The summed E-state index contributed by atoms with van der Waals surface area (Å²) in [5, 5.41) is 9.40. The van der Waals surface area contributed by atoms with Gasteiger partial charge in [-0.2, -0.15) is 0 Å². The summed E-state index contributed by atoms with van der Waals surface area (Å²) in [5.74, 6) is -0.868. The van der Waals surface area contributed by atoms with Gasteiger partial charge in [0.15, 0.2) is 0 Å². The normalized spacial score (nSPS) is 26.2. The molecule has 6 nitrogen and oxygen atoms in total. The topological polar surface area (TPSA) is 77.9 Å². The van der Waals surface area contributed by atoms with Crippen LogP contribution in [0.1, 0.15) is 51.9 Å². The van der Waals surface area contributed by atoms with Crippen LogP contribution in [0.5, 0.6) is 0 Å². The first-order chi connectivity index (χ1) is 9.95. The van der Waals surface area contributed by atoms with Crippen LogP contribution >= 0.6 is 0 Å². The quantitative estimate of drug-likeness (QED) is 0.828. The average molecular weight is 296 g/mol. The van der Waals surface area contributed by atoms with E-state index in [1.807, 2.05) is 0 Å². The van der Waals surface area contributed by atoms with Gasteiger partial charge in [0.1, 0.15) is 5.54 Å². The van der Waals surface area contributed by atoms with Crippen LogP contribution in [0, 0.1) is 0 Å². The van der Waals surface area contributed by atoms with Crippen molar-refractivity contribution in [1.82, 2.24) is 9.80 Å². The minimum absolute atomic E-state index is 0.105. The Balaban J connectivity index is 1.86. The average Bonchev–Trinajstić information content (AvgIpc) is 2.84. The second-order valence-corrected chi connectivity index (χ2v) is 6.17. The number of carbonyl (C=O) groups is 3. The third-order valence-corrected chi connectivity index (χ3v) is 4.64. The molecule has 2 rings (SSSR count). The highest BCUT2D eigenvalue weighted by Gasteiger charge is 2.43. The van der Waals surface area contributed by atoms with E-state index in [-0.39, 0.29) is 11.8 Å². The highest BCUT2D eigenvalue weighted by molar-refractivity contribution is 5.87. The monoisotopic (exact) mass is 296 g/mol. The standard InChI is InChI=1S/C15H24N2O4/c1-15(14(20)21)8-2-3-11-17(15)13(19)7-5-10-16-9-4-6-12(16)18/h2-11H2,1H3,(H,20,21)/t15-/m0/s1. The Morgan fingerprint density at radius 2 is 2.00 bits per heavy atom. The molecule has 0 aromatic rings. The van der Waals surface area contributed by atoms with Crippen molar-refractivity contribution in [3.63, 3.8) is 0 Å². The number of rotatable bonds is 5. The Hall–Kier alpha value is -1.59. The van der Waals surface area contributed by atoms with Crippen molar-refractivity contribution in [3.8, 4) is 0 Å². The number of carbonyl (C=O) groups excluding carboxylic acids is 2. The van der Waals surface area contributed by atoms with E-state index in [2.05, 4.69) is 0 Å². The lowest BCUT2D eigenvalue weighted by molar-refractivity contribution is -0.161. The fourth-order valence-electron chi connectivity index (χ4n) is 3.24. The maximum Gasteiger partial charge on any atom is 0.329 e. The molecule has 0 unspecified atom stereocenters. The van der Waals surface area contributed by atoms with Crippen molar-refractivity contribution < 1.29 is 19.5 Å². The Morgan fingerprint density at radius 3 is 2.62 bits per heavy atom. The summed E-state index contributed by atoms with van der Waals surface area (Å²) < 4.78 is 0. The number of hydrogen-bond acceptors (Lipinski definition) is 3. The highest BCUT2D eigenvalue weighted by atomic mass is 16.4. The minimum Gasteiger partial charge on any atom is -0.480 e. The number of carboxylic acids is 1. The molecule has 0 spiro atoms. The number of piperidine rings is 1. The SMILES string of the molecule is C[C@@]1(C(=O)O)CCCCN1C(=O)CCCN1CCCC1=O. The van der Waals surface area contributed by atoms with Crippen molar-refractivity contribution >= 4 is 17.8 Å². The van der Waals surface area contributed by atoms with Crippen LogP contribution in [0.25, 0.3) is 0 Å². The van der Waals surface area contributed by atoms with Gasteiger partial charge in [-0.05, 0) is 39.0 Å². The molecule has 0 radical (unpaired) electrons. The smallest absolute Gasteiger partial charge is 0.329 e. The molecule has 6 heteroatoms. The summed E-state index contributed by atoms with van der Waals surface area (Å²) in [6.07, 6.45) is 4.64. The molecular weight excluding hydrogens is 272 g/mol. The Bertz CT molecular complexity index is 437. The van der Waals surface area contributed by atoms with E-state index in [0.29, 0.717) is 38.8 Å². The summed E-state index contributed by atoms with van der Waals surface area (Å²) in [4.78, 5) is 38.6. The van der Waals surface area contributed by atoms with Crippen molar-refractivity contribution in [2.75, 3.05) is 19.6 Å². The number of carboxylic acid groups (broad SMARTS) is 1. The van der Waals surface area contributed by atoms with Crippen LogP contribution in [0.3, 0.4) is 0 Å². The molecule has 0 aliphatic carbocycles. The summed E-state index contributed by atoms with van der Waals surface area (Å²) >= 11 is 0. The lowest BCUT2D eigenvalue weighted by Gasteiger charge is -2.41. The number of amides is 2. The fourth-order valence-corrected chi connectivity index (χ4v) is 3.24. The van der Waals surface area contributed by atoms with E-state index in [1.54, 1.807) is 11.8 Å². The second-order valence-electron chi connectivity index (χ2n) is 6.17. The van der Waals surface area contributed by atoms with Crippen molar-refractivity contribution in [2.45, 2.75) is 57.4 Å². The second kappa shape index (κ2) is 6.45. The highest BCUT2D eigenvalue weighted by Crippen LogP contribution is 2.29. The first kappa shape index (κ1) is 15.8. The molecule has 2 fully saturated rings. The minimum atomic E-state index is -1.07. The maximum atomic E-state index is 12.3. The molecule has 0 aromatic carbocycles. The van der Waals surface area contributed by atoms with Gasteiger partial charge in [-0.15, -0.1) is 0 Å². The lowest BCUT2D eigenvalue weighted by Crippen LogP contribution is -2.57. The zero-order valence-electron chi connectivity index (χ0n) is 12.6. The van der Waals surface area contributed by atoms with Gasteiger partial charge in [-0.1, -0.05) is 0 Å². The maximum absolute atomic E-state index is 12.3. The van der Waals surface area contributed by atoms with Crippen LogP contribution in [0.4, 0.5) is 0 Å². The molecule has 2 saturated heterocycles. The molecule has 0 bridgehead atoms. The van der Waals surface area contributed by atoms with Crippen LogP contribution in [0.2, 0.25) is 0 Å². The zero-order valence-corrected chi connectivity index (χ0v) is 12.6. The molecule has 0 saturated carbocycles. The summed E-state index contributed by atoms with van der Waals surface area (Å²) in [6, 6.07) is 0. The van der Waals surface area contributed by atoms with Gasteiger partial charge in [-0.25, -0.2) is 4.79 Å². The van der Waals surface area contributed by atoms with Gasteiger partial charge in [0, 0.05) is 32.5 Å². The van der Waals surface area contributed by atoms with Crippen LogP contribution in [-0.2, 0) is 14.4 Å². The van der Waals surface area contributed by atoms with E-state index in [1.165, 1.54) is 4.90 Å². The molecule has 21 heavy (non-hydrogen) atoms. The van der Waals surface area contributed by atoms with E-state index in [4.69, 9.17) is 0 Å². The van der Waals surface area contributed by atoms with Crippen LogP contribution in [0.15, 0.2) is 0 Å². The molecule has 2 heterocycles. The number of nitrogens with zero attached hydrogens (tertiary/aromatic N) is 2. The largest absolute Gasteiger partial charge is 0.480 e. The Morgan fingerprint density at radius 1 is 1.24 bits per heavy atom. The van der Waals surface area contributed by atoms with Crippen molar-refractivity contribution in [1.29, 1.82) is 0 Å². The van der Waals surface area contributed by atoms with E-state index < -0.39 is 11.5 Å². The molecule has 0 aromatic heterocycles. The van der Waals surface area contributed by atoms with Gasteiger partial charge in [0.25, 0.3) is 0 Å². The summed E-state index contributed by atoms with van der Waals surface area (Å²) in [7, 11) is 0. The van der Waals surface area contributed by atoms with E-state index in [9.17, 15) is 19.5 Å². The molecule has 2 aliphatic rings. The number of likely N-dealkylation sites (tertiary alicyclic amines) is 2. The van der Waals surface area contributed by atoms with Gasteiger partial charge < -0.3 is 14.9 Å². The molecule has 2 amide bonds. The third-order valence-electron chi connectivity index (χ3n) is 4.64. The van der Waals surface area contributed by atoms with Crippen molar-refractivity contribution in [2.24, 2.45) is 0 Å². The molecule has 118 valence electrons. The Kier molecular flexibility index (Phi) is 4.85. The van der Waals surface area contributed by atoms with Gasteiger partial charge in [0.05, 0.1) is 0 Å². The first-order valence-corrected chi connectivity index (χ1v) is 7.77. The van der Waals surface area contributed by atoms with Crippen molar-refractivity contribution in [3.05, 3.63) is 0 Å². The van der Waals surface area contributed by atoms with Crippen LogP contribution in [-0.4, -0.2) is 57.9 Å². The summed E-state index contributed by atoms with van der Waals surface area (Å²) in [5.41, 5.74) is -1.07. The van der Waals surface area contributed by atoms with E-state index in [0.717, 1.165) is 25.8 Å². The number of hydrogen-bond donors (Lipinski definition) is 1. The van der Waals surface area contributed by atoms with Gasteiger partial charge in [-0.3, -0.25) is 9.59 Å². The lowest BCUT2D eigenvalue weighted by atomic mass is 9.88. The molecule has 2 aliphatic heterocycles.